The Morgan fingerprint density at radius 1 is 0.776 bits per heavy atom. The molecule has 49 heavy (non-hydrogen) atoms. The molecule has 0 saturated carbocycles. The average molecular weight is 688 g/mol. The normalized spacial score (nSPS) is 11.7. The molecule has 0 radical (unpaired) electrons. The maximum Gasteiger partial charge on any atom is 0.264 e. The lowest BCUT2D eigenvalue weighted by atomic mass is 10.0. The Balaban J connectivity index is 1.86. The number of ether oxygens (including phenoxy) is 3. The van der Waals surface area contributed by atoms with E-state index in [0.717, 1.165) is 26.6 Å². The van der Waals surface area contributed by atoms with E-state index in [1.54, 1.807) is 31.4 Å². The second-order valence-corrected chi connectivity index (χ2v) is 13.6. The fraction of sp³-hybridized carbons (Fsp3) is 0.316. The molecule has 0 aliphatic rings. The molecule has 4 aromatic rings. The number of carbonyl (C=O) groups is 2. The van der Waals surface area contributed by atoms with Gasteiger partial charge in [-0.25, -0.2) is 8.42 Å². The number of hydrogen-bond donors (Lipinski definition) is 1. The summed E-state index contributed by atoms with van der Waals surface area (Å²) in [7, 11) is 0.0954. The van der Waals surface area contributed by atoms with Crippen LogP contribution in [0.3, 0.4) is 0 Å². The van der Waals surface area contributed by atoms with Gasteiger partial charge in [0.25, 0.3) is 10.0 Å². The van der Waals surface area contributed by atoms with Crippen molar-refractivity contribution in [2.45, 2.75) is 51.1 Å². The minimum Gasteiger partial charge on any atom is -0.497 e. The first-order valence-electron chi connectivity index (χ1n) is 16.1. The van der Waals surface area contributed by atoms with Gasteiger partial charge in [0.1, 0.15) is 18.3 Å². The number of aryl methyl sites for hydroxylation is 2. The largest absolute Gasteiger partial charge is 0.497 e. The first-order valence-corrected chi connectivity index (χ1v) is 17.5. The number of nitrogens with zero attached hydrogens (tertiary/aromatic N) is 2. The molecule has 0 saturated heterocycles. The highest BCUT2D eigenvalue weighted by Crippen LogP contribution is 2.33. The average Bonchev–Trinajstić information content (AvgIpc) is 3.10. The zero-order valence-electron chi connectivity index (χ0n) is 28.9. The molecule has 0 aliphatic carbocycles. The highest BCUT2D eigenvalue weighted by Gasteiger charge is 2.35. The van der Waals surface area contributed by atoms with E-state index in [1.807, 2.05) is 69.3 Å². The fourth-order valence-corrected chi connectivity index (χ4v) is 7.03. The SMILES string of the molecule is CCCNC(=O)C(Cc1ccccc1)N(Cc1cccc(OC)c1)C(=O)CN(c1cc(C)cc(C)c1)S(=O)(=O)c1ccc(OC)c(OC)c1. The Bertz CT molecular complexity index is 1830. The van der Waals surface area contributed by atoms with E-state index >= 15 is 0 Å². The van der Waals surface area contributed by atoms with Gasteiger partial charge in [-0.15, -0.1) is 0 Å². The van der Waals surface area contributed by atoms with Crippen molar-refractivity contribution >= 4 is 27.5 Å². The third kappa shape index (κ3) is 9.32. The van der Waals surface area contributed by atoms with Gasteiger partial charge in [0.15, 0.2) is 11.5 Å². The van der Waals surface area contributed by atoms with E-state index in [2.05, 4.69) is 5.32 Å². The maximum absolute atomic E-state index is 14.7. The Kier molecular flexibility index (Phi) is 12.7. The summed E-state index contributed by atoms with van der Waals surface area (Å²) in [5.74, 6) is 0.293. The molecule has 0 bridgehead atoms. The molecule has 10 nitrogen and oxygen atoms in total. The van der Waals surface area contributed by atoms with E-state index in [9.17, 15) is 18.0 Å². The second kappa shape index (κ2) is 16.9. The predicted molar refractivity (Wildman–Crippen MR) is 191 cm³/mol. The van der Waals surface area contributed by atoms with Crippen LogP contribution in [-0.4, -0.2) is 65.6 Å². The maximum atomic E-state index is 14.7. The number of methoxy groups -OCH3 is 3. The molecule has 4 rings (SSSR count). The fourth-order valence-electron chi connectivity index (χ4n) is 5.62. The van der Waals surface area contributed by atoms with Crippen LogP contribution in [0.4, 0.5) is 5.69 Å². The molecular weight excluding hydrogens is 642 g/mol. The second-order valence-electron chi connectivity index (χ2n) is 11.7. The molecule has 11 heteroatoms. The first-order chi connectivity index (χ1) is 23.5. The van der Waals surface area contributed by atoms with E-state index in [-0.39, 0.29) is 29.5 Å². The molecule has 0 aromatic heterocycles. The number of rotatable bonds is 16. The van der Waals surface area contributed by atoms with Gasteiger partial charge in [-0.1, -0.05) is 55.5 Å². The summed E-state index contributed by atoms with van der Waals surface area (Å²) in [6.45, 7) is 5.56. The predicted octanol–water partition coefficient (Wildman–Crippen LogP) is 5.69. The van der Waals surface area contributed by atoms with Crippen molar-refractivity contribution < 1.29 is 32.2 Å². The van der Waals surface area contributed by atoms with Crippen LogP contribution in [-0.2, 0) is 32.6 Å². The van der Waals surface area contributed by atoms with Gasteiger partial charge in [0.2, 0.25) is 11.8 Å². The highest BCUT2D eigenvalue weighted by molar-refractivity contribution is 7.92. The van der Waals surface area contributed by atoms with Crippen LogP contribution >= 0.6 is 0 Å². The van der Waals surface area contributed by atoms with Crippen LogP contribution in [0, 0.1) is 13.8 Å². The number of hydrogen-bond acceptors (Lipinski definition) is 7. The molecule has 1 atom stereocenters. The zero-order chi connectivity index (χ0) is 35.6. The Morgan fingerprint density at radius 3 is 2.08 bits per heavy atom. The Morgan fingerprint density at radius 2 is 1.45 bits per heavy atom. The van der Waals surface area contributed by atoms with Crippen molar-refractivity contribution in [3.05, 3.63) is 113 Å². The summed E-state index contributed by atoms with van der Waals surface area (Å²) in [5, 5.41) is 2.96. The number of nitrogens with one attached hydrogen (secondary N) is 1. The van der Waals surface area contributed by atoms with Gasteiger partial charge in [-0.2, -0.15) is 0 Å². The van der Waals surface area contributed by atoms with E-state index in [4.69, 9.17) is 14.2 Å². The van der Waals surface area contributed by atoms with Gasteiger partial charge in [-0.3, -0.25) is 13.9 Å². The van der Waals surface area contributed by atoms with Crippen molar-refractivity contribution in [3.63, 3.8) is 0 Å². The van der Waals surface area contributed by atoms with E-state index in [1.165, 1.54) is 37.3 Å². The van der Waals surface area contributed by atoms with Crippen LogP contribution < -0.4 is 23.8 Å². The summed E-state index contributed by atoms with van der Waals surface area (Å²) in [4.78, 5) is 30.0. The van der Waals surface area contributed by atoms with E-state index in [0.29, 0.717) is 30.2 Å². The molecular formula is C38H45N3O7S. The summed E-state index contributed by atoms with van der Waals surface area (Å²) in [6, 6.07) is 25.4. The number of carbonyl (C=O) groups excluding carboxylic acids is 2. The van der Waals surface area contributed by atoms with Crippen LogP contribution in [0.15, 0.2) is 95.9 Å². The summed E-state index contributed by atoms with van der Waals surface area (Å²) in [5.41, 5.74) is 3.53. The molecule has 260 valence electrons. The minimum atomic E-state index is -4.35. The van der Waals surface area contributed by atoms with Gasteiger partial charge in [0.05, 0.1) is 31.9 Å². The van der Waals surface area contributed by atoms with Crippen molar-refractivity contribution in [1.29, 1.82) is 0 Å². The summed E-state index contributed by atoms with van der Waals surface area (Å²) < 4.78 is 46.3. The number of anilines is 1. The molecule has 0 spiro atoms. The monoisotopic (exact) mass is 687 g/mol. The van der Waals surface area contributed by atoms with Gasteiger partial charge in [-0.05, 0) is 78.9 Å². The van der Waals surface area contributed by atoms with E-state index < -0.39 is 28.5 Å². The quantitative estimate of drug-likeness (QED) is 0.161. The molecule has 1 unspecified atom stereocenters. The van der Waals surface area contributed by atoms with Crippen LogP contribution in [0.25, 0.3) is 0 Å². The van der Waals surface area contributed by atoms with Crippen molar-refractivity contribution in [2.24, 2.45) is 0 Å². The van der Waals surface area contributed by atoms with Crippen LogP contribution in [0.5, 0.6) is 17.2 Å². The topological polar surface area (TPSA) is 114 Å². The number of sulfonamides is 1. The molecule has 0 heterocycles. The van der Waals surface area contributed by atoms with Crippen molar-refractivity contribution in [1.82, 2.24) is 10.2 Å². The number of amides is 2. The third-order valence-electron chi connectivity index (χ3n) is 8.02. The molecule has 2 amide bonds. The van der Waals surface area contributed by atoms with Gasteiger partial charge in [0, 0.05) is 25.6 Å². The standard InChI is InChI=1S/C38H45N3O7S/c1-7-18-39-38(43)34(23-29-12-9-8-10-13-29)40(25-30-14-11-15-32(22-30)46-4)37(42)26-41(31-20-27(2)19-28(3)21-31)49(44,45)33-16-17-35(47-5)36(24-33)48-6/h8-17,19-22,24,34H,7,18,23,25-26H2,1-6H3,(H,39,43). The molecule has 1 N–H and O–H groups in total. The third-order valence-corrected chi connectivity index (χ3v) is 9.79. The van der Waals surface area contributed by atoms with Gasteiger partial charge >= 0.3 is 0 Å². The lowest BCUT2D eigenvalue weighted by molar-refractivity contribution is -0.140. The highest BCUT2D eigenvalue weighted by atomic mass is 32.2. The van der Waals surface area contributed by atoms with Crippen molar-refractivity contribution in [2.75, 3.05) is 38.7 Å². The molecule has 0 aliphatic heterocycles. The first kappa shape index (κ1) is 36.8. The van der Waals surface area contributed by atoms with Crippen LogP contribution in [0.2, 0.25) is 0 Å². The zero-order valence-corrected chi connectivity index (χ0v) is 29.8. The summed E-state index contributed by atoms with van der Waals surface area (Å²) >= 11 is 0. The molecule has 4 aromatic carbocycles. The minimum absolute atomic E-state index is 0.0319. The summed E-state index contributed by atoms with van der Waals surface area (Å²) in [6.07, 6.45) is 0.926. The van der Waals surface area contributed by atoms with Crippen LogP contribution in [0.1, 0.15) is 35.6 Å². The van der Waals surface area contributed by atoms with Gasteiger partial charge < -0.3 is 24.4 Å². The Hall–Kier alpha value is -5.03. The number of benzene rings is 4. The van der Waals surface area contributed by atoms with Crippen molar-refractivity contribution in [3.8, 4) is 17.2 Å². The molecule has 0 fully saturated rings. The lowest BCUT2D eigenvalue weighted by Crippen LogP contribution is -2.53. The smallest absolute Gasteiger partial charge is 0.264 e. The Labute approximate surface area is 289 Å². The lowest BCUT2D eigenvalue weighted by Gasteiger charge is -2.34.